The van der Waals surface area contributed by atoms with Gasteiger partial charge in [0.15, 0.2) is 5.82 Å². The van der Waals surface area contributed by atoms with E-state index in [2.05, 4.69) is 70.2 Å². The molecule has 6 heteroatoms. The molecule has 6 nitrogen and oxygen atoms in total. The van der Waals surface area contributed by atoms with Crippen LogP contribution in [0, 0.1) is 0 Å². The van der Waals surface area contributed by atoms with Crippen molar-refractivity contribution in [3.05, 3.63) is 23.5 Å². The second-order valence-corrected chi connectivity index (χ2v) is 8.34. The number of pyridine rings is 1. The van der Waals surface area contributed by atoms with Crippen LogP contribution in [0.4, 0.5) is 11.6 Å². The highest BCUT2D eigenvalue weighted by atomic mass is 16.5. The van der Waals surface area contributed by atoms with E-state index < -0.39 is 0 Å². The third kappa shape index (κ3) is 5.81. The molecule has 0 unspecified atom stereocenters. The summed E-state index contributed by atoms with van der Waals surface area (Å²) < 4.78 is 5.64. The van der Waals surface area contributed by atoms with Crippen molar-refractivity contribution in [1.82, 2.24) is 15.0 Å². The lowest BCUT2D eigenvalue weighted by Crippen LogP contribution is -2.26. The maximum atomic E-state index is 5.64. The maximum Gasteiger partial charge on any atom is 0.242 e. The number of rotatable bonds is 9. The molecule has 0 saturated carbocycles. The molecule has 0 aromatic carbocycles. The highest BCUT2D eigenvalue weighted by Gasteiger charge is 2.20. The molecule has 2 aromatic heterocycles. The first-order valence-corrected chi connectivity index (χ1v) is 10.7. The Morgan fingerprint density at radius 1 is 1.03 bits per heavy atom. The van der Waals surface area contributed by atoms with Crippen LogP contribution in [0.3, 0.4) is 0 Å². The predicted molar refractivity (Wildman–Crippen MR) is 122 cm³/mol. The van der Waals surface area contributed by atoms with E-state index in [4.69, 9.17) is 14.7 Å². The number of hydrogen-bond acceptors (Lipinski definition) is 6. The van der Waals surface area contributed by atoms with Crippen LogP contribution in [0.1, 0.15) is 72.6 Å². The molecule has 2 N–H and O–H groups in total. The monoisotopic (exact) mass is 399 g/mol. The third-order valence-corrected chi connectivity index (χ3v) is 4.92. The lowest BCUT2D eigenvalue weighted by Gasteiger charge is -2.22. The van der Waals surface area contributed by atoms with Gasteiger partial charge in [0.1, 0.15) is 11.5 Å². The molecule has 0 aliphatic heterocycles. The quantitative estimate of drug-likeness (QED) is 0.581. The van der Waals surface area contributed by atoms with E-state index in [1.165, 1.54) is 5.56 Å². The fraction of sp³-hybridized carbons (Fsp3) is 0.609. The molecule has 0 radical (unpaired) electrons. The molecule has 0 fully saturated rings. The molecule has 0 bridgehead atoms. The first-order chi connectivity index (χ1) is 13.8. The van der Waals surface area contributed by atoms with E-state index in [0.29, 0.717) is 11.9 Å². The topological polar surface area (TPSA) is 72.0 Å². The van der Waals surface area contributed by atoms with E-state index in [1.807, 2.05) is 6.20 Å². The van der Waals surface area contributed by atoms with Gasteiger partial charge < -0.3 is 15.4 Å². The van der Waals surface area contributed by atoms with Crippen molar-refractivity contribution < 1.29 is 4.74 Å². The summed E-state index contributed by atoms with van der Waals surface area (Å²) in [6.45, 7) is 15.0. The van der Waals surface area contributed by atoms with E-state index in [-0.39, 0.29) is 5.54 Å². The first-order valence-electron chi connectivity index (χ1n) is 10.7. The highest BCUT2D eigenvalue weighted by molar-refractivity contribution is 5.70. The van der Waals surface area contributed by atoms with Gasteiger partial charge in [0.25, 0.3) is 0 Å². The van der Waals surface area contributed by atoms with Gasteiger partial charge in [-0.15, -0.1) is 0 Å². The van der Waals surface area contributed by atoms with Crippen molar-refractivity contribution >= 4 is 11.6 Å². The predicted octanol–water partition coefficient (Wildman–Crippen LogP) is 5.48. The van der Waals surface area contributed by atoms with Crippen molar-refractivity contribution in [2.75, 3.05) is 17.7 Å². The van der Waals surface area contributed by atoms with Crippen LogP contribution in [-0.2, 0) is 12.8 Å². The van der Waals surface area contributed by atoms with Crippen LogP contribution in [0.2, 0.25) is 0 Å². The van der Waals surface area contributed by atoms with E-state index >= 15 is 0 Å². The Balaban J connectivity index is 2.53. The Morgan fingerprint density at radius 3 is 2.24 bits per heavy atom. The van der Waals surface area contributed by atoms with Gasteiger partial charge in [-0.25, -0.2) is 9.97 Å². The first kappa shape index (κ1) is 22.9. The maximum absolute atomic E-state index is 5.64. The second kappa shape index (κ2) is 9.90. The Kier molecular flexibility index (Phi) is 7.82. The summed E-state index contributed by atoms with van der Waals surface area (Å²) >= 11 is 0. The smallest absolute Gasteiger partial charge is 0.242 e. The lowest BCUT2D eigenvalue weighted by molar-refractivity contribution is 0.397. The minimum Gasteiger partial charge on any atom is -0.479 e. The fourth-order valence-electron chi connectivity index (χ4n) is 3.28. The number of nitrogens with zero attached hydrogens (tertiary/aromatic N) is 3. The van der Waals surface area contributed by atoms with Gasteiger partial charge in [0.05, 0.1) is 12.8 Å². The van der Waals surface area contributed by atoms with Gasteiger partial charge in [0.2, 0.25) is 5.88 Å². The molecule has 0 aliphatic rings. The molecule has 0 amide bonds. The zero-order chi connectivity index (χ0) is 21.6. The van der Waals surface area contributed by atoms with Gasteiger partial charge in [-0.1, -0.05) is 27.7 Å². The number of anilines is 2. The van der Waals surface area contributed by atoms with Gasteiger partial charge in [0, 0.05) is 23.3 Å². The minimum atomic E-state index is -0.0468. The van der Waals surface area contributed by atoms with Gasteiger partial charge in [-0.3, -0.25) is 0 Å². The van der Waals surface area contributed by atoms with Crippen molar-refractivity contribution in [2.45, 2.75) is 85.7 Å². The third-order valence-electron chi connectivity index (χ3n) is 4.92. The van der Waals surface area contributed by atoms with Crippen LogP contribution < -0.4 is 15.4 Å². The summed E-state index contributed by atoms with van der Waals surface area (Å²) in [4.78, 5) is 14.4. The molecule has 0 atom stereocenters. The molecule has 2 heterocycles. The average Bonchev–Trinajstić information content (AvgIpc) is 2.70. The Hall–Kier alpha value is -2.37. The molecular weight excluding hydrogens is 362 g/mol. The summed E-state index contributed by atoms with van der Waals surface area (Å²) in [7, 11) is 1.65. The van der Waals surface area contributed by atoms with Gasteiger partial charge >= 0.3 is 0 Å². The Morgan fingerprint density at radius 2 is 1.72 bits per heavy atom. The van der Waals surface area contributed by atoms with E-state index in [9.17, 15) is 0 Å². The largest absolute Gasteiger partial charge is 0.479 e. The number of methoxy groups -OCH3 is 1. The molecule has 160 valence electrons. The Bertz CT molecular complexity index is 810. The molecular formula is C23H37N5O. The molecule has 29 heavy (non-hydrogen) atoms. The zero-order valence-electron chi connectivity index (χ0n) is 19.3. The summed E-state index contributed by atoms with van der Waals surface area (Å²) in [5, 5.41) is 6.98. The average molecular weight is 400 g/mol. The van der Waals surface area contributed by atoms with Crippen molar-refractivity contribution in [3.8, 4) is 17.1 Å². The van der Waals surface area contributed by atoms with E-state index in [1.54, 1.807) is 7.11 Å². The highest BCUT2D eigenvalue weighted by Crippen LogP contribution is 2.33. The zero-order valence-corrected chi connectivity index (χ0v) is 19.3. The number of nitrogens with one attached hydrogen (secondary N) is 2. The van der Waals surface area contributed by atoms with Crippen LogP contribution >= 0.6 is 0 Å². The van der Waals surface area contributed by atoms with Crippen LogP contribution in [-0.4, -0.2) is 33.6 Å². The molecule has 0 saturated heterocycles. The SMILES string of the molecule is CCc1cc(NC(C)(C)C)ncc1-c1nc(CC)c(NC(CC)CC)nc1OC. The van der Waals surface area contributed by atoms with Crippen LogP contribution in [0.5, 0.6) is 5.88 Å². The molecule has 2 aromatic rings. The number of hydrogen-bond donors (Lipinski definition) is 2. The summed E-state index contributed by atoms with van der Waals surface area (Å²) in [6.07, 6.45) is 5.63. The fourth-order valence-corrected chi connectivity index (χ4v) is 3.28. The second-order valence-electron chi connectivity index (χ2n) is 8.34. The summed E-state index contributed by atoms with van der Waals surface area (Å²) in [5.41, 5.74) is 3.80. The lowest BCUT2D eigenvalue weighted by atomic mass is 10.0. The summed E-state index contributed by atoms with van der Waals surface area (Å²) in [6, 6.07) is 2.48. The summed E-state index contributed by atoms with van der Waals surface area (Å²) in [5.74, 6) is 2.22. The number of ether oxygens (including phenoxy) is 1. The normalized spacial score (nSPS) is 11.6. The van der Waals surface area contributed by atoms with Crippen molar-refractivity contribution in [3.63, 3.8) is 0 Å². The van der Waals surface area contributed by atoms with Gasteiger partial charge in [-0.05, 0) is 58.1 Å². The van der Waals surface area contributed by atoms with Crippen molar-refractivity contribution in [2.24, 2.45) is 0 Å². The standard InChI is InChI=1S/C23H37N5O/c1-9-15-13-19(28-23(5,6)7)24-14-17(15)20-22(29-8)27-21(18(12-4)26-20)25-16(10-2)11-3/h13-14,16H,9-12H2,1-8H3,(H,24,28)(H,25,27). The number of aromatic nitrogens is 3. The van der Waals surface area contributed by atoms with Gasteiger partial charge in [-0.2, -0.15) is 4.98 Å². The van der Waals surface area contributed by atoms with Crippen LogP contribution in [0.15, 0.2) is 12.3 Å². The minimum absolute atomic E-state index is 0.0468. The van der Waals surface area contributed by atoms with Crippen LogP contribution in [0.25, 0.3) is 11.3 Å². The molecule has 0 aliphatic carbocycles. The number of aryl methyl sites for hydroxylation is 2. The van der Waals surface area contributed by atoms with E-state index in [0.717, 1.165) is 54.3 Å². The Labute approximate surface area is 175 Å². The van der Waals surface area contributed by atoms with Crippen molar-refractivity contribution in [1.29, 1.82) is 0 Å². The molecule has 0 spiro atoms. The molecule has 2 rings (SSSR count).